The Morgan fingerprint density at radius 1 is 0.231 bits per heavy atom. The topological polar surface area (TPSA) is 0 Å². The van der Waals surface area contributed by atoms with Gasteiger partial charge in [0, 0.05) is 0 Å². The fraction of sp³-hybridized carbons (Fsp3) is 0.0526. The molecule has 0 radical (unpaired) electrons. The van der Waals surface area contributed by atoms with Crippen molar-refractivity contribution in [2.75, 3.05) is 0 Å². The summed E-state index contributed by atoms with van der Waals surface area (Å²) in [5.74, 6) is 0. The molecule has 0 unspecified atom stereocenters. The second-order valence-electron chi connectivity index (χ2n) is 9.82. The van der Waals surface area contributed by atoms with Gasteiger partial charge in [0.05, 0.1) is 0 Å². The van der Waals surface area contributed by atoms with E-state index in [1.807, 2.05) is 0 Å². The van der Waals surface area contributed by atoms with E-state index in [1.165, 1.54) is 33.4 Å². The summed E-state index contributed by atoms with van der Waals surface area (Å²) in [6.07, 6.45) is 0. The molecule has 0 aliphatic carbocycles. The molecule has 0 atom stereocenters. The van der Waals surface area contributed by atoms with Crippen LogP contribution in [0.4, 0.5) is 0 Å². The van der Waals surface area contributed by atoms with Crippen molar-refractivity contribution in [3.63, 3.8) is 0 Å². The van der Waals surface area contributed by atoms with E-state index >= 15 is 0 Å². The first kappa shape index (κ1) is 25.4. The van der Waals surface area contributed by atoms with Gasteiger partial charge in [-0.3, -0.25) is 0 Å². The van der Waals surface area contributed by atoms with Gasteiger partial charge in [0.25, 0.3) is 0 Å². The zero-order chi connectivity index (χ0) is 26.4. The third kappa shape index (κ3) is 4.75. The van der Waals surface area contributed by atoms with Crippen LogP contribution in [0.1, 0.15) is 33.4 Å². The summed E-state index contributed by atoms with van der Waals surface area (Å²) in [7, 11) is 0. The number of hydrogen-bond acceptors (Lipinski definition) is 0. The molecule has 0 aromatic heterocycles. The van der Waals surface area contributed by atoms with Crippen LogP contribution in [0.3, 0.4) is 0 Å². The number of hydrogen-bond donors (Lipinski definition) is 0. The predicted octanol–water partition coefficient (Wildman–Crippen LogP) is 8.67. The van der Waals surface area contributed by atoms with Gasteiger partial charge < -0.3 is 0 Å². The maximum atomic E-state index is 2.34. The molecule has 0 bridgehead atoms. The van der Waals surface area contributed by atoms with Crippen molar-refractivity contribution in [1.82, 2.24) is 0 Å². The van der Waals surface area contributed by atoms with Gasteiger partial charge in [-0.2, -0.15) is 0 Å². The molecular formula is C38H30Sn+2. The van der Waals surface area contributed by atoms with Gasteiger partial charge in [0.2, 0.25) is 0 Å². The Hall–Kier alpha value is -3.88. The Bertz CT molecular complexity index is 1260. The van der Waals surface area contributed by atoms with E-state index in [0.29, 0.717) is 0 Å². The van der Waals surface area contributed by atoms with Gasteiger partial charge in [-0.25, -0.2) is 0 Å². The van der Waals surface area contributed by atoms with Gasteiger partial charge in [-0.05, 0) is 0 Å². The van der Waals surface area contributed by atoms with Gasteiger partial charge in [-0.15, -0.1) is 0 Å². The summed E-state index contributed by atoms with van der Waals surface area (Å²) in [6, 6.07) is 67.3. The molecule has 0 fully saturated rings. The van der Waals surface area contributed by atoms with Crippen LogP contribution in [0.2, 0.25) is 0 Å². The molecule has 6 aromatic rings. The molecule has 0 spiro atoms. The van der Waals surface area contributed by atoms with Crippen LogP contribution >= 0.6 is 0 Å². The Balaban J connectivity index is 1.76. The van der Waals surface area contributed by atoms with Crippen LogP contribution in [-0.2, 0) is 6.86 Å². The van der Waals surface area contributed by atoms with E-state index in [0.717, 1.165) is 0 Å². The Kier molecular flexibility index (Phi) is 7.47. The van der Waals surface area contributed by atoms with Gasteiger partial charge in [-0.1, -0.05) is 0 Å². The van der Waals surface area contributed by atoms with Crippen LogP contribution in [0.15, 0.2) is 182 Å². The zero-order valence-electron chi connectivity index (χ0n) is 21.8. The average molecular weight is 605 g/mol. The molecule has 0 N–H and O–H groups in total. The average Bonchev–Trinajstić information content (AvgIpc) is 3.04. The second-order valence-corrected chi connectivity index (χ2v) is 14.8. The Morgan fingerprint density at radius 2 is 0.385 bits per heavy atom. The minimum absolute atomic E-state index is 0.255. The van der Waals surface area contributed by atoms with Crippen LogP contribution in [0, 0.1) is 0 Å². The van der Waals surface area contributed by atoms with Crippen LogP contribution in [0.5, 0.6) is 0 Å². The van der Waals surface area contributed by atoms with Crippen LogP contribution in [-0.4, -0.2) is 21.1 Å². The fourth-order valence-electron chi connectivity index (χ4n) is 5.84. The standard InChI is InChI=1S/2C19H15.Sn/c2*1-4-10-16(11-5-1)19(17-12-6-2-7-13-17)18-14-8-3-9-15-18;/h2*1-15H;/q;;+2. The van der Waals surface area contributed by atoms with Crippen molar-refractivity contribution in [3.8, 4) is 0 Å². The molecule has 184 valence electrons. The van der Waals surface area contributed by atoms with Gasteiger partial charge >= 0.3 is 243 Å². The summed E-state index contributed by atoms with van der Waals surface area (Å²) in [4.78, 5) is 0. The molecular weight excluding hydrogens is 575 g/mol. The van der Waals surface area contributed by atoms with Crippen molar-refractivity contribution in [2.45, 2.75) is 6.86 Å². The molecule has 0 saturated heterocycles. The number of benzene rings is 6. The Labute approximate surface area is 242 Å². The normalized spacial score (nSPS) is 11.5. The maximum absolute atomic E-state index is 2.34. The van der Waals surface area contributed by atoms with E-state index in [9.17, 15) is 0 Å². The van der Waals surface area contributed by atoms with Crippen LogP contribution in [0.25, 0.3) is 0 Å². The molecule has 0 nitrogen and oxygen atoms in total. The molecule has 0 saturated carbocycles. The predicted molar refractivity (Wildman–Crippen MR) is 164 cm³/mol. The SMILES string of the molecule is c1ccc([C]([Sn+2][C](c2ccccc2)(c2ccccc2)c2ccccc2)(c2ccccc2)c2ccccc2)cc1. The number of rotatable bonds is 8. The molecule has 0 amide bonds. The van der Waals surface area contributed by atoms with E-state index in [4.69, 9.17) is 0 Å². The van der Waals surface area contributed by atoms with Crippen molar-refractivity contribution < 1.29 is 0 Å². The minimum atomic E-state index is -1.61. The molecule has 0 heterocycles. The van der Waals surface area contributed by atoms with E-state index in [2.05, 4.69) is 182 Å². The summed E-state index contributed by atoms with van der Waals surface area (Å²) < 4.78 is -0.511. The Morgan fingerprint density at radius 3 is 0.538 bits per heavy atom. The fourth-order valence-corrected chi connectivity index (χ4v) is 12.8. The van der Waals surface area contributed by atoms with Crippen molar-refractivity contribution >= 4 is 21.1 Å². The summed E-state index contributed by atoms with van der Waals surface area (Å²) in [5, 5.41) is 0. The zero-order valence-corrected chi connectivity index (χ0v) is 24.7. The van der Waals surface area contributed by atoms with Crippen molar-refractivity contribution in [2.24, 2.45) is 0 Å². The van der Waals surface area contributed by atoms with Crippen LogP contribution < -0.4 is 0 Å². The monoisotopic (exact) mass is 606 g/mol. The van der Waals surface area contributed by atoms with Crippen molar-refractivity contribution in [1.29, 1.82) is 0 Å². The third-order valence-electron chi connectivity index (χ3n) is 7.62. The molecule has 0 aliphatic rings. The molecule has 6 rings (SSSR count). The van der Waals surface area contributed by atoms with Crippen molar-refractivity contribution in [3.05, 3.63) is 215 Å². The quantitative estimate of drug-likeness (QED) is 0.120. The second kappa shape index (κ2) is 11.5. The third-order valence-corrected chi connectivity index (χ3v) is 14.7. The summed E-state index contributed by atoms with van der Waals surface area (Å²) >= 11 is -1.61. The molecule has 1 heteroatoms. The summed E-state index contributed by atoms with van der Waals surface area (Å²) in [6.45, 7) is 0. The molecule has 6 aromatic carbocycles. The van der Waals surface area contributed by atoms with E-state index < -0.39 is 21.1 Å². The van der Waals surface area contributed by atoms with E-state index in [1.54, 1.807) is 0 Å². The van der Waals surface area contributed by atoms with Gasteiger partial charge in [0.1, 0.15) is 0 Å². The first-order valence-electron chi connectivity index (χ1n) is 13.5. The summed E-state index contributed by atoms with van der Waals surface area (Å²) in [5.41, 5.74) is 8.17. The first-order chi connectivity index (χ1) is 19.3. The van der Waals surface area contributed by atoms with Gasteiger partial charge in [0.15, 0.2) is 0 Å². The first-order valence-corrected chi connectivity index (χ1v) is 16.3. The molecule has 0 aliphatic heterocycles. The molecule has 39 heavy (non-hydrogen) atoms. The van der Waals surface area contributed by atoms with E-state index in [-0.39, 0.29) is 6.86 Å².